The first-order valence-corrected chi connectivity index (χ1v) is 16.7. The van der Waals surface area contributed by atoms with Crippen LogP contribution in [0.15, 0.2) is 43.4 Å². The lowest BCUT2D eigenvalue weighted by molar-refractivity contribution is -0.141. The topological polar surface area (TPSA) is 126 Å². The van der Waals surface area contributed by atoms with E-state index in [1.165, 1.54) is 6.92 Å². The van der Waals surface area contributed by atoms with E-state index < -0.39 is 33.5 Å². The van der Waals surface area contributed by atoms with Gasteiger partial charge in [0.05, 0.1) is 43.2 Å². The van der Waals surface area contributed by atoms with Gasteiger partial charge in [-0.25, -0.2) is 19.2 Å². The number of hydrogen-bond acceptors (Lipinski definition) is 12. The predicted octanol–water partition coefficient (Wildman–Crippen LogP) is 5.49. The van der Waals surface area contributed by atoms with Gasteiger partial charge < -0.3 is 23.8 Å². The Morgan fingerprint density at radius 3 is 1.70 bits per heavy atom. The molecule has 13 heteroatoms. The molecule has 0 radical (unpaired) electrons. The Morgan fingerprint density at radius 2 is 1.23 bits per heavy atom. The zero-order valence-electron chi connectivity index (χ0n) is 25.9. The van der Waals surface area contributed by atoms with Crippen LogP contribution in [-0.4, -0.2) is 65.8 Å². The minimum Gasteiger partial charge on any atom is -0.463 e. The Bertz CT molecular complexity index is 1510. The Hall–Kier alpha value is -3.16. The molecule has 0 fully saturated rings. The van der Waals surface area contributed by atoms with Crippen LogP contribution in [0.3, 0.4) is 0 Å². The first kappa shape index (κ1) is 33.7. The minimum atomic E-state index is -1.60. The third-order valence-corrected chi connectivity index (χ3v) is 11.6. The van der Waals surface area contributed by atoms with Crippen LogP contribution < -0.4 is 4.90 Å². The minimum absolute atomic E-state index is 0.00260. The normalized spacial score (nSPS) is 18.1. The molecule has 0 aromatic heterocycles. The molecule has 0 saturated heterocycles. The van der Waals surface area contributed by atoms with Gasteiger partial charge in [0, 0.05) is 23.0 Å². The highest BCUT2D eigenvalue weighted by Gasteiger charge is 2.61. The summed E-state index contributed by atoms with van der Waals surface area (Å²) in [4.78, 5) is 69.8. The van der Waals surface area contributed by atoms with Crippen molar-refractivity contribution in [2.75, 3.05) is 31.3 Å². The number of benzene rings is 1. The largest absolute Gasteiger partial charge is 0.463 e. The number of esters is 4. The maximum Gasteiger partial charge on any atom is 0.346 e. The highest BCUT2D eigenvalue weighted by molar-refractivity contribution is 8.26. The molecule has 3 heterocycles. The number of nitrogens with zero attached hydrogens (tertiary/aromatic N) is 1. The second kappa shape index (κ2) is 13.1. The summed E-state index contributed by atoms with van der Waals surface area (Å²) in [6.45, 7) is 13.7. The molecule has 0 N–H and O–H groups in total. The molecule has 0 aliphatic carbocycles. The summed E-state index contributed by atoms with van der Waals surface area (Å²) >= 11 is 2.91. The Kier molecular flexibility index (Phi) is 10.0. The van der Waals surface area contributed by atoms with E-state index in [1.807, 2.05) is 39.0 Å². The van der Waals surface area contributed by atoms with Crippen LogP contribution >= 0.6 is 35.3 Å². The molecule has 3 aliphatic rings. The molecule has 1 aromatic carbocycles. The molecule has 1 amide bonds. The molecule has 0 unspecified atom stereocenters. The zero-order chi connectivity index (χ0) is 32.6. The summed E-state index contributed by atoms with van der Waals surface area (Å²) in [6, 6.07) is 5.61. The average Bonchev–Trinajstić information content (AvgIpc) is 3.34. The summed E-state index contributed by atoms with van der Waals surface area (Å²) in [5, 5.41) is 0. The summed E-state index contributed by atoms with van der Waals surface area (Å²) in [5.41, 5.74) is 1.52. The van der Waals surface area contributed by atoms with Crippen LogP contribution in [0, 0.1) is 6.92 Å². The molecular formula is C31H35NO9S3. The number of carbonyl (C=O) groups is 5. The van der Waals surface area contributed by atoms with Crippen molar-refractivity contribution in [1.29, 1.82) is 0 Å². The second-order valence-corrected chi connectivity index (χ2v) is 14.0. The maximum atomic E-state index is 14.0. The predicted molar refractivity (Wildman–Crippen MR) is 171 cm³/mol. The number of anilines is 1. The van der Waals surface area contributed by atoms with Gasteiger partial charge in [-0.3, -0.25) is 4.79 Å². The lowest BCUT2D eigenvalue weighted by Gasteiger charge is -2.50. The number of amides is 1. The smallest absolute Gasteiger partial charge is 0.346 e. The summed E-state index contributed by atoms with van der Waals surface area (Å²) in [7, 11) is 0. The molecule has 0 bridgehead atoms. The molecule has 4 rings (SSSR count). The molecule has 1 spiro atoms. The van der Waals surface area contributed by atoms with Crippen LogP contribution in [0.1, 0.15) is 59.6 Å². The summed E-state index contributed by atoms with van der Waals surface area (Å²) in [6.07, 6.45) is 0. The van der Waals surface area contributed by atoms with E-state index >= 15 is 0 Å². The van der Waals surface area contributed by atoms with Gasteiger partial charge in [0.25, 0.3) is 0 Å². The number of rotatable bonds is 8. The van der Waals surface area contributed by atoms with E-state index in [9.17, 15) is 24.0 Å². The molecule has 0 saturated carbocycles. The number of carbonyl (C=O) groups excluding carboxylic acids is 5. The van der Waals surface area contributed by atoms with Crippen molar-refractivity contribution >= 4 is 76.3 Å². The fraction of sp³-hybridized carbons (Fsp3) is 0.452. The number of fused-ring (bicyclic) bond motifs is 3. The lowest BCUT2D eigenvalue weighted by atomic mass is 9.83. The summed E-state index contributed by atoms with van der Waals surface area (Å²) in [5.74, 6) is -3.34. The van der Waals surface area contributed by atoms with Crippen LogP contribution in [-0.2, 0) is 42.9 Å². The first-order chi connectivity index (χ1) is 20.8. The van der Waals surface area contributed by atoms with Crippen molar-refractivity contribution in [3.8, 4) is 0 Å². The Balaban J connectivity index is 2.17. The second-order valence-electron chi connectivity index (χ2n) is 10.3. The van der Waals surface area contributed by atoms with Crippen molar-refractivity contribution < 1.29 is 42.9 Å². The van der Waals surface area contributed by atoms with E-state index in [1.54, 1.807) is 32.6 Å². The number of ether oxygens (including phenoxy) is 4. The molecule has 236 valence electrons. The quantitative estimate of drug-likeness (QED) is 0.258. The Morgan fingerprint density at radius 1 is 0.750 bits per heavy atom. The van der Waals surface area contributed by atoms with E-state index in [-0.39, 0.29) is 52.6 Å². The molecule has 1 aromatic rings. The van der Waals surface area contributed by atoms with Crippen molar-refractivity contribution in [3.05, 3.63) is 54.5 Å². The van der Waals surface area contributed by atoms with Gasteiger partial charge >= 0.3 is 23.9 Å². The van der Waals surface area contributed by atoms with E-state index in [0.29, 0.717) is 21.7 Å². The fourth-order valence-electron chi connectivity index (χ4n) is 5.41. The highest BCUT2D eigenvalue weighted by atomic mass is 32.2. The molecule has 0 atom stereocenters. The maximum absolute atomic E-state index is 14.0. The third-order valence-electron chi connectivity index (χ3n) is 6.97. The standard InChI is InChI=1S/C31H35NO9S3/c1-9-38-26(34)21-22(27(35)39-10-2)42-25-20(18-15-16(5)13-14-19(18)32(17(6)33)30(25,7)8)31(21)43-23(28(36)40-11-3)24(44-31)29(37)41-12-4/h13-15H,9-12H2,1-8H3. The average molecular weight is 662 g/mol. The van der Waals surface area contributed by atoms with Crippen LogP contribution in [0.4, 0.5) is 5.69 Å². The van der Waals surface area contributed by atoms with Gasteiger partial charge in [-0.1, -0.05) is 46.9 Å². The van der Waals surface area contributed by atoms with Crippen molar-refractivity contribution in [2.24, 2.45) is 0 Å². The molecule has 10 nitrogen and oxygen atoms in total. The Labute approximate surface area is 269 Å². The lowest BCUT2D eigenvalue weighted by Crippen LogP contribution is -2.53. The molecule has 44 heavy (non-hydrogen) atoms. The molecule has 3 aliphatic heterocycles. The SMILES string of the molecule is CCOC(=O)C1=C(C(=O)OCC)SC2(S1)C(C(=O)OCC)=C(C(=O)OCC)SC1=C2c2cc(C)ccc2N(C(C)=O)C1(C)C. The van der Waals surface area contributed by atoms with Crippen LogP contribution in [0.25, 0.3) is 5.57 Å². The van der Waals surface area contributed by atoms with Gasteiger partial charge in [0.2, 0.25) is 5.91 Å². The highest BCUT2D eigenvalue weighted by Crippen LogP contribution is 2.71. The first-order valence-electron chi connectivity index (χ1n) is 14.2. The van der Waals surface area contributed by atoms with Crippen molar-refractivity contribution in [1.82, 2.24) is 0 Å². The monoisotopic (exact) mass is 661 g/mol. The fourth-order valence-corrected chi connectivity index (χ4v) is 10.4. The third kappa shape index (κ3) is 5.58. The van der Waals surface area contributed by atoms with Gasteiger partial charge in [-0.2, -0.15) is 0 Å². The van der Waals surface area contributed by atoms with Gasteiger partial charge in [0.15, 0.2) is 0 Å². The van der Waals surface area contributed by atoms with Gasteiger partial charge in [-0.05, 0) is 60.6 Å². The van der Waals surface area contributed by atoms with Crippen molar-refractivity contribution in [2.45, 2.75) is 65.0 Å². The number of thioether (sulfide) groups is 3. The molecular weight excluding hydrogens is 627 g/mol. The van der Waals surface area contributed by atoms with Crippen LogP contribution in [0.2, 0.25) is 0 Å². The van der Waals surface area contributed by atoms with Crippen LogP contribution in [0.5, 0.6) is 0 Å². The van der Waals surface area contributed by atoms with Gasteiger partial charge in [0.1, 0.15) is 18.8 Å². The zero-order valence-corrected chi connectivity index (χ0v) is 28.4. The summed E-state index contributed by atoms with van der Waals surface area (Å²) < 4.78 is 20.1. The number of hydrogen-bond donors (Lipinski definition) is 0. The number of aryl methyl sites for hydroxylation is 1. The van der Waals surface area contributed by atoms with E-state index in [0.717, 1.165) is 40.8 Å². The van der Waals surface area contributed by atoms with E-state index in [2.05, 4.69) is 0 Å². The van der Waals surface area contributed by atoms with Gasteiger partial charge in [-0.15, -0.1) is 0 Å². The van der Waals surface area contributed by atoms with E-state index in [4.69, 9.17) is 18.9 Å². The van der Waals surface area contributed by atoms with Crippen molar-refractivity contribution in [3.63, 3.8) is 0 Å².